The lowest BCUT2D eigenvalue weighted by Crippen LogP contribution is -2.30. The Morgan fingerprint density at radius 1 is 1.25 bits per heavy atom. The second-order valence-corrected chi connectivity index (χ2v) is 8.78. The maximum Gasteiger partial charge on any atom is 0.407 e. The molecule has 1 aliphatic rings. The van der Waals surface area contributed by atoms with Crippen LogP contribution in [0, 0.1) is 5.82 Å². The van der Waals surface area contributed by atoms with Crippen molar-refractivity contribution in [3.05, 3.63) is 71.7 Å². The van der Waals surface area contributed by atoms with E-state index in [1.165, 1.54) is 11.0 Å². The summed E-state index contributed by atoms with van der Waals surface area (Å²) < 4.78 is 21.7. The van der Waals surface area contributed by atoms with Gasteiger partial charge in [-0.05, 0) is 47.4 Å². The molecule has 4 N–H and O–H groups in total. The average molecular weight is 491 g/mol. The lowest BCUT2D eigenvalue weighted by atomic mass is 10.0. The smallest absolute Gasteiger partial charge is 0.407 e. The van der Waals surface area contributed by atoms with Gasteiger partial charge in [0.25, 0.3) is 0 Å². The lowest BCUT2D eigenvalue weighted by molar-refractivity contribution is 0.155. The number of amides is 1. The number of hydrogen-bond acceptors (Lipinski definition) is 6. The number of fused-ring (bicyclic) bond motifs is 1. The van der Waals surface area contributed by atoms with E-state index in [-0.39, 0.29) is 18.4 Å². The number of nitrogens with two attached hydrogens (primary N) is 1. The van der Waals surface area contributed by atoms with Crippen molar-refractivity contribution in [3.63, 3.8) is 0 Å². The van der Waals surface area contributed by atoms with Gasteiger partial charge in [0.2, 0.25) is 0 Å². The first kappa shape index (κ1) is 23.6. The van der Waals surface area contributed by atoms with Crippen LogP contribution in [0.25, 0.3) is 22.2 Å². The molecule has 0 spiro atoms. The molecule has 0 radical (unpaired) electrons. The van der Waals surface area contributed by atoms with Gasteiger partial charge >= 0.3 is 6.09 Å². The minimum atomic E-state index is -0.938. The van der Waals surface area contributed by atoms with Crippen LogP contribution in [0.5, 0.6) is 5.75 Å². The molecule has 1 fully saturated rings. The van der Waals surface area contributed by atoms with Crippen molar-refractivity contribution in [2.45, 2.75) is 25.6 Å². The number of nitrogens with one attached hydrogen (secondary N) is 1. The van der Waals surface area contributed by atoms with Crippen LogP contribution in [-0.2, 0) is 13.1 Å². The maximum atomic E-state index is 14.6. The number of carboxylic acid groups (broad SMARTS) is 1. The number of anilines is 1. The summed E-state index contributed by atoms with van der Waals surface area (Å²) in [6.45, 7) is 1.39. The largest absolute Gasteiger partial charge is 0.497 e. The topological polar surface area (TPSA) is 119 Å². The molecule has 1 unspecified atom stereocenters. The minimum Gasteiger partial charge on any atom is -0.497 e. The van der Waals surface area contributed by atoms with Crippen molar-refractivity contribution >= 4 is 22.9 Å². The monoisotopic (exact) mass is 490 g/mol. The molecule has 4 aromatic rings. The van der Waals surface area contributed by atoms with Crippen molar-refractivity contribution in [1.82, 2.24) is 19.7 Å². The molecule has 5 rings (SSSR count). The van der Waals surface area contributed by atoms with Gasteiger partial charge in [-0.15, -0.1) is 0 Å². The molecular weight excluding hydrogens is 463 g/mol. The highest BCUT2D eigenvalue weighted by Gasteiger charge is 2.28. The zero-order valence-electron chi connectivity index (χ0n) is 19.8. The van der Waals surface area contributed by atoms with E-state index in [4.69, 9.17) is 15.6 Å². The van der Waals surface area contributed by atoms with Crippen LogP contribution in [0.3, 0.4) is 0 Å². The fourth-order valence-corrected chi connectivity index (χ4v) is 4.58. The van der Waals surface area contributed by atoms with Crippen LogP contribution in [0.4, 0.5) is 15.0 Å². The normalized spacial score (nSPS) is 15.4. The predicted octanol–water partition coefficient (Wildman–Crippen LogP) is 3.92. The molecule has 2 aromatic carbocycles. The number of ether oxygens (including phenoxy) is 1. The lowest BCUT2D eigenvalue weighted by Gasteiger charge is -2.14. The Labute approximate surface area is 207 Å². The molecule has 3 heterocycles. The summed E-state index contributed by atoms with van der Waals surface area (Å²) in [5.41, 5.74) is 9.20. The Bertz CT molecular complexity index is 1410. The van der Waals surface area contributed by atoms with E-state index in [0.717, 1.165) is 22.3 Å². The maximum absolute atomic E-state index is 14.6. The van der Waals surface area contributed by atoms with Crippen molar-refractivity contribution < 1.29 is 19.0 Å². The van der Waals surface area contributed by atoms with E-state index < -0.39 is 6.09 Å². The highest BCUT2D eigenvalue weighted by molar-refractivity contribution is 6.01. The molecule has 0 aliphatic carbocycles. The summed E-state index contributed by atoms with van der Waals surface area (Å²) in [6.07, 6.45) is 1.41. The number of likely N-dealkylation sites (tertiary alicyclic amines) is 1. The SMILES string of the molecule is COc1ccc(Cn2nc(NC3CCN(C(=O)O)C3)c3c(-c4ccc(CN)c(F)c4)ccnc32)cc1. The Kier molecular flexibility index (Phi) is 6.43. The van der Waals surface area contributed by atoms with Gasteiger partial charge in [0.15, 0.2) is 11.5 Å². The number of pyridine rings is 1. The molecule has 0 bridgehead atoms. The van der Waals surface area contributed by atoms with Gasteiger partial charge in [0.05, 0.1) is 19.0 Å². The van der Waals surface area contributed by atoms with Gasteiger partial charge < -0.3 is 25.8 Å². The Balaban J connectivity index is 1.58. The first-order chi connectivity index (χ1) is 17.5. The van der Waals surface area contributed by atoms with E-state index in [9.17, 15) is 14.3 Å². The fourth-order valence-electron chi connectivity index (χ4n) is 4.58. The highest BCUT2D eigenvalue weighted by Crippen LogP contribution is 2.34. The van der Waals surface area contributed by atoms with Gasteiger partial charge in [0.1, 0.15) is 11.6 Å². The van der Waals surface area contributed by atoms with E-state index in [1.54, 1.807) is 24.1 Å². The van der Waals surface area contributed by atoms with Crippen LogP contribution >= 0.6 is 0 Å². The van der Waals surface area contributed by atoms with Gasteiger partial charge in [-0.25, -0.2) is 18.9 Å². The van der Waals surface area contributed by atoms with Crippen molar-refractivity contribution in [1.29, 1.82) is 0 Å². The zero-order chi connectivity index (χ0) is 25.2. The van der Waals surface area contributed by atoms with E-state index in [1.807, 2.05) is 36.4 Å². The number of rotatable bonds is 7. The summed E-state index contributed by atoms with van der Waals surface area (Å²) in [5.74, 6) is 0.981. The number of halogens is 1. The second kappa shape index (κ2) is 9.82. The predicted molar refractivity (Wildman–Crippen MR) is 135 cm³/mol. The minimum absolute atomic E-state index is 0.0990. The van der Waals surface area contributed by atoms with Crippen LogP contribution in [0.15, 0.2) is 54.7 Å². The number of nitrogens with zero attached hydrogens (tertiary/aromatic N) is 4. The molecule has 1 saturated heterocycles. The molecule has 186 valence electrons. The standard InChI is InChI=1S/C26H27FN6O3/c1-36-20-6-2-16(3-7-20)14-33-25-23(24(31-33)30-19-9-11-32(15-19)26(34)35)21(8-10-29-25)17-4-5-18(13-28)22(27)12-17/h2-8,10,12,19H,9,11,13-15,28H2,1H3,(H,30,31)(H,34,35). The van der Waals surface area contributed by atoms with Crippen LogP contribution in [-0.4, -0.2) is 57.1 Å². The molecule has 1 aliphatic heterocycles. The summed E-state index contributed by atoms with van der Waals surface area (Å²) in [7, 11) is 1.62. The van der Waals surface area contributed by atoms with Gasteiger partial charge in [-0.3, -0.25) is 0 Å². The summed E-state index contributed by atoms with van der Waals surface area (Å²) in [4.78, 5) is 17.4. The summed E-state index contributed by atoms with van der Waals surface area (Å²) in [6, 6.07) is 14.4. The van der Waals surface area contributed by atoms with Crippen LogP contribution < -0.4 is 15.8 Å². The van der Waals surface area contributed by atoms with Crippen LogP contribution in [0.1, 0.15) is 17.5 Å². The quantitative estimate of drug-likeness (QED) is 0.359. The number of benzene rings is 2. The number of carbonyl (C=O) groups is 1. The Morgan fingerprint density at radius 3 is 2.72 bits per heavy atom. The Hall–Kier alpha value is -4.18. The fraction of sp³-hybridized carbons (Fsp3) is 0.269. The van der Waals surface area contributed by atoms with E-state index in [2.05, 4.69) is 10.3 Å². The van der Waals surface area contributed by atoms with Gasteiger partial charge in [0, 0.05) is 37.4 Å². The molecule has 36 heavy (non-hydrogen) atoms. The van der Waals surface area contributed by atoms with Crippen molar-refractivity contribution in [2.75, 3.05) is 25.5 Å². The zero-order valence-corrected chi connectivity index (χ0v) is 19.8. The highest BCUT2D eigenvalue weighted by atomic mass is 19.1. The molecular formula is C26H27FN6O3. The second-order valence-electron chi connectivity index (χ2n) is 8.78. The number of hydrogen-bond donors (Lipinski definition) is 3. The third-order valence-electron chi connectivity index (χ3n) is 6.51. The molecule has 10 heteroatoms. The van der Waals surface area contributed by atoms with Gasteiger partial charge in [-0.2, -0.15) is 5.10 Å². The summed E-state index contributed by atoms with van der Waals surface area (Å²) >= 11 is 0. The number of aromatic nitrogens is 3. The van der Waals surface area contributed by atoms with Crippen molar-refractivity contribution in [2.24, 2.45) is 5.73 Å². The molecule has 0 saturated carbocycles. The van der Waals surface area contributed by atoms with Crippen LogP contribution in [0.2, 0.25) is 0 Å². The molecule has 1 amide bonds. The van der Waals surface area contributed by atoms with Crippen molar-refractivity contribution in [3.8, 4) is 16.9 Å². The molecule has 1 atom stereocenters. The summed E-state index contributed by atoms with van der Waals surface area (Å²) in [5, 5.41) is 18.4. The third-order valence-corrected chi connectivity index (χ3v) is 6.51. The Morgan fingerprint density at radius 2 is 2.06 bits per heavy atom. The van der Waals surface area contributed by atoms with E-state index >= 15 is 0 Å². The molecule has 2 aromatic heterocycles. The third kappa shape index (κ3) is 4.55. The number of methoxy groups -OCH3 is 1. The molecule has 9 nitrogen and oxygen atoms in total. The average Bonchev–Trinajstić information content (AvgIpc) is 3.50. The van der Waals surface area contributed by atoms with E-state index in [0.29, 0.717) is 48.6 Å². The van der Waals surface area contributed by atoms with Gasteiger partial charge in [-0.1, -0.05) is 24.3 Å². The first-order valence-electron chi connectivity index (χ1n) is 11.7. The first-order valence-corrected chi connectivity index (χ1v) is 11.7.